The van der Waals surface area contributed by atoms with Crippen LogP contribution in [0.1, 0.15) is 32.8 Å². The Bertz CT molecular complexity index is 395. The summed E-state index contributed by atoms with van der Waals surface area (Å²) in [5, 5.41) is 3.35. The second kappa shape index (κ2) is 4.40. The normalized spacial score (nSPS) is 18.4. The van der Waals surface area contributed by atoms with Crippen molar-refractivity contribution in [2.75, 3.05) is 5.32 Å². The molecule has 0 saturated carbocycles. The average molecular weight is 233 g/mol. The molecule has 1 aromatic rings. The summed E-state index contributed by atoms with van der Waals surface area (Å²) in [6, 6.07) is 8.34. The topological polar surface area (TPSA) is 38.3 Å². The molecule has 1 atom stereocenters. The first-order chi connectivity index (χ1) is 7.94. The number of esters is 1. The van der Waals surface area contributed by atoms with Crippen molar-refractivity contribution in [1.29, 1.82) is 0 Å². The van der Waals surface area contributed by atoms with Crippen LogP contribution >= 0.6 is 0 Å². The maximum absolute atomic E-state index is 11.7. The predicted octanol–water partition coefficient (Wildman–Crippen LogP) is 2.76. The third kappa shape index (κ3) is 3.22. The van der Waals surface area contributed by atoms with Crippen molar-refractivity contribution in [1.82, 2.24) is 0 Å². The molecule has 0 bridgehead atoms. The second-order valence-corrected chi connectivity index (χ2v) is 5.49. The minimum atomic E-state index is -0.400. The Balaban J connectivity index is 1.90. The average Bonchev–Trinajstić information content (AvgIpc) is 2.55. The molecule has 0 amide bonds. The second-order valence-electron chi connectivity index (χ2n) is 5.49. The number of anilines is 1. The highest BCUT2D eigenvalue weighted by molar-refractivity contribution is 5.72. The highest BCUT2D eigenvalue weighted by Gasteiger charge is 2.25. The van der Waals surface area contributed by atoms with Crippen LogP contribution in [-0.4, -0.2) is 17.6 Å². The molecule has 0 aromatic heterocycles. The molecule has 17 heavy (non-hydrogen) atoms. The van der Waals surface area contributed by atoms with Gasteiger partial charge in [0.15, 0.2) is 0 Å². The Hall–Kier alpha value is -1.51. The van der Waals surface area contributed by atoms with Crippen LogP contribution in [0.25, 0.3) is 0 Å². The molecule has 1 aliphatic rings. The highest BCUT2D eigenvalue weighted by Crippen LogP contribution is 2.26. The molecule has 2 rings (SSSR count). The summed E-state index contributed by atoms with van der Waals surface area (Å²) < 4.78 is 5.32. The number of fused-ring (bicyclic) bond motifs is 1. The Morgan fingerprint density at radius 1 is 1.41 bits per heavy atom. The maximum atomic E-state index is 11.7. The lowest BCUT2D eigenvalue weighted by Crippen LogP contribution is -2.28. The van der Waals surface area contributed by atoms with E-state index >= 15 is 0 Å². The number of hydrogen-bond acceptors (Lipinski definition) is 3. The van der Waals surface area contributed by atoms with Gasteiger partial charge in [0.25, 0.3) is 0 Å². The Morgan fingerprint density at radius 3 is 2.76 bits per heavy atom. The zero-order chi connectivity index (χ0) is 12.5. The zero-order valence-electron chi connectivity index (χ0n) is 10.6. The number of carbonyl (C=O) groups is 1. The number of para-hydroxylation sites is 1. The summed E-state index contributed by atoms with van der Waals surface area (Å²) in [4.78, 5) is 11.7. The molecule has 0 radical (unpaired) electrons. The molecule has 3 heteroatoms. The van der Waals surface area contributed by atoms with Gasteiger partial charge in [-0.3, -0.25) is 4.79 Å². The van der Waals surface area contributed by atoms with Crippen LogP contribution in [0.15, 0.2) is 24.3 Å². The Kier molecular flexibility index (Phi) is 3.09. The summed E-state index contributed by atoms with van der Waals surface area (Å²) in [6.45, 7) is 5.67. The van der Waals surface area contributed by atoms with Gasteiger partial charge in [-0.25, -0.2) is 0 Å². The first-order valence-electron chi connectivity index (χ1n) is 6.00. The molecule has 1 aliphatic heterocycles. The highest BCUT2D eigenvalue weighted by atomic mass is 16.6. The van der Waals surface area contributed by atoms with E-state index in [2.05, 4.69) is 11.4 Å². The van der Waals surface area contributed by atoms with Crippen LogP contribution < -0.4 is 5.32 Å². The van der Waals surface area contributed by atoms with Crippen molar-refractivity contribution in [3.05, 3.63) is 29.8 Å². The first kappa shape index (κ1) is 12.0. The molecule has 1 aromatic carbocycles. The standard InChI is InChI=1S/C14H19NO2/c1-14(2,3)17-13(16)9-11-8-10-6-4-5-7-12(10)15-11/h4-7,11,15H,8-9H2,1-3H3/t11-/m1/s1. The SMILES string of the molecule is CC(C)(C)OC(=O)C[C@H]1Cc2ccccc2N1. The molecule has 0 aliphatic carbocycles. The van der Waals surface area contributed by atoms with Crippen LogP contribution in [-0.2, 0) is 16.0 Å². The third-order valence-corrected chi connectivity index (χ3v) is 2.68. The van der Waals surface area contributed by atoms with Gasteiger partial charge in [0.2, 0.25) is 0 Å². The molecule has 1 heterocycles. The van der Waals surface area contributed by atoms with E-state index in [1.165, 1.54) is 5.56 Å². The van der Waals surface area contributed by atoms with Gasteiger partial charge in [-0.2, -0.15) is 0 Å². The van der Waals surface area contributed by atoms with Crippen molar-refractivity contribution in [2.24, 2.45) is 0 Å². The number of benzene rings is 1. The summed E-state index contributed by atoms with van der Waals surface area (Å²) in [5.41, 5.74) is 2.02. The fraction of sp³-hybridized carbons (Fsp3) is 0.500. The fourth-order valence-corrected chi connectivity index (χ4v) is 2.08. The quantitative estimate of drug-likeness (QED) is 0.798. The van der Waals surface area contributed by atoms with E-state index in [-0.39, 0.29) is 12.0 Å². The summed E-state index contributed by atoms with van der Waals surface area (Å²) in [5.74, 6) is -0.136. The van der Waals surface area contributed by atoms with Gasteiger partial charge in [0.05, 0.1) is 6.42 Å². The van der Waals surface area contributed by atoms with Crippen LogP contribution in [0, 0.1) is 0 Å². The summed E-state index contributed by atoms with van der Waals surface area (Å²) in [7, 11) is 0. The van der Waals surface area contributed by atoms with E-state index in [0.717, 1.165) is 12.1 Å². The van der Waals surface area contributed by atoms with Gasteiger partial charge in [-0.15, -0.1) is 0 Å². The van der Waals surface area contributed by atoms with Crippen LogP contribution in [0.5, 0.6) is 0 Å². The van der Waals surface area contributed by atoms with E-state index in [1.54, 1.807) is 0 Å². The zero-order valence-corrected chi connectivity index (χ0v) is 10.6. The smallest absolute Gasteiger partial charge is 0.308 e. The van der Waals surface area contributed by atoms with Crippen molar-refractivity contribution >= 4 is 11.7 Å². The Morgan fingerprint density at radius 2 is 2.12 bits per heavy atom. The first-order valence-corrected chi connectivity index (χ1v) is 6.00. The Labute approximate surface area is 102 Å². The van der Waals surface area contributed by atoms with Gasteiger partial charge in [-0.1, -0.05) is 18.2 Å². The minimum absolute atomic E-state index is 0.136. The largest absolute Gasteiger partial charge is 0.460 e. The molecule has 92 valence electrons. The lowest BCUT2D eigenvalue weighted by atomic mass is 10.1. The number of carbonyl (C=O) groups excluding carboxylic acids is 1. The monoisotopic (exact) mass is 233 g/mol. The van der Waals surface area contributed by atoms with E-state index in [4.69, 9.17) is 4.74 Å². The van der Waals surface area contributed by atoms with Crippen molar-refractivity contribution in [2.45, 2.75) is 45.3 Å². The summed E-state index contributed by atoms with van der Waals surface area (Å²) in [6.07, 6.45) is 1.32. The molecule has 0 fully saturated rings. The third-order valence-electron chi connectivity index (χ3n) is 2.68. The lowest BCUT2D eigenvalue weighted by Gasteiger charge is -2.20. The molecule has 1 N–H and O–H groups in total. The van der Waals surface area contributed by atoms with Gasteiger partial charge in [-0.05, 0) is 38.8 Å². The minimum Gasteiger partial charge on any atom is -0.460 e. The summed E-state index contributed by atoms with van der Waals surface area (Å²) >= 11 is 0. The van der Waals surface area contributed by atoms with Crippen molar-refractivity contribution in [3.63, 3.8) is 0 Å². The van der Waals surface area contributed by atoms with Crippen molar-refractivity contribution in [3.8, 4) is 0 Å². The van der Waals surface area contributed by atoms with Crippen LogP contribution in [0.2, 0.25) is 0 Å². The lowest BCUT2D eigenvalue weighted by molar-refractivity contribution is -0.155. The molecular formula is C14H19NO2. The fourth-order valence-electron chi connectivity index (χ4n) is 2.08. The molecular weight excluding hydrogens is 214 g/mol. The van der Waals surface area contributed by atoms with Gasteiger partial charge < -0.3 is 10.1 Å². The number of hydrogen-bond donors (Lipinski definition) is 1. The molecule has 0 saturated heterocycles. The van der Waals surface area contributed by atoms with Gasteiger partial charge in [0, 0.05) is 11.7 Å². The molecule has 3 nitrogen and oxygen atoms in total. The van der Waals surface area contributed by atoms with E-state index < -0.39 is 5.60 Å². The predicted molar refractivity (Wildman–Crippen MR) is 68.0 cm³/mol. The molecule has 0 unspecified atom stereocenters. The van der Waals surface area contributed by atoms with Crippen LogP contribution in [0.4, 0.5) is 5.69 Å². The maximum Gasteiger partial charge on any atom is 0.308 e. The number of nitrogens with one attached hydrogen (secondary N) is 1. The van der Waals surface area contributed by atoms with E-state index in [1.807, 2.05) is 39.0 Å². The number of ether oxygens (including phenoxy) is 1. The van der Waals surface area contributed by atoms with E-state index in [0.29, 0.717) is 6.42 Å². The van der Waals surface area contributed by atoms with Gasteiger partial charge >= 0.3 is 5.97 Å². The van der Waals surface area contributed by atoms with Crippen molar-refractivity contribution < 1.29 is 9.53 Å². The van der Waals surface area contributed by atoms with Gasteiger partial charge in [0.1, 0.15) is 5.60 Å². The van der Waals surface area contributed by atoms with E-state index in [9.17, 15) is 4.79 Å². The van der Waals surface area contributed by atoms with Crippen LogP contribution in [0.3, 0.4) is 0 Å². The number of rotatable bonds is 2. The molecule has 0 spiro atoms.